The van der Waals surface area contributed by atoms with Gasteiger partial charge in [-0.3, -0.25) is 9.59 Å². The van der Waals surface area contributed by atoms with Crippen LogP contribution in [0, 0.1) is 35.8 Å². The highest BCUT2D eigenvalue weighted by Crippen LogP contribution is 2.63. The number of aliphatic imine (C=N–C) groups is 2. The summed E-state index contributed by atoms with van der Waals surface area (Å²) in [6, 6.07) is 21.4. The molecule has 58 heavy (non-hydrogen) atoms. The Morgan fingerprint density at radius 3 is 1.36 bits per heavy atom. The molecule has 276 valence electrons. The highest BCUT2D eigenvalue weighted by atomic mass is 32.1. The second-order valence-electron chi connectivity index (χ2n) is 14.6. The number of hydrogen-bond donors (Lipinski definition) is 0. The summed E-state index contributed by atoms with van der Waals surface area (Å²) in [6.45, 7) is 23.4. The molecular formula is C44H22N6O4S4. The molecule has 0 saturated heterocycles. The van der Waals surface area contributed by atoms with Crippen LogP contribution in [-0.4, -0.2) is 23.0 Å². The lowest BCUT2D eigenvalue weighted by molar-refractivity contribution is 0.106. The molecule has 0 atom stereocenters. The van der Waals surface area contributed by atoms with Crippen LogP contribution in [0.25, 0.3) is 49.7 Å². The van der Waals surface area contributed by atoms with Crippen LogP contribution in [0.4, 0.5) is 10.0 Å². The maximum atomic E-state index is 13.6. The summed E-state index contributed by atoms with van der Waals surface area (Å²) < 4.78 is 15.6. The minimum atomic E-state index is -0.746. The molecular weight excluding hydrogens is 805 g/mol. The number of fused-ring (bicyclic) bond motifs is 11. The van der Waals surface area contributed by atoms with E-state index in [1.807, 2.05) is 52.0 Å². The molecule has 0 N–H and O–H groups in total. The zero-order chi connectivity index (χ0) is 40.4. The summed E-state index contributed by atoms with van der Waals surface area (Å²) >= 11 is 6.10. The van der Waals surface area contributed by atoms with Crippen LogP contribution in [0.15, 0.2) is 82.0 Å². The van der Waals surface area contributed by atoms with Gasteiger partial charge in [0.2, 0.25) is 11.6 Å². The van der Waals surface area contributed by atoms with Crippen molar-refractivity contribution in [3.05, 3.63) is 128 Å². The third-order valence-electron chi connectivity index (χ3n) is 10.4. The third kappa shape index (κ3) is 4.87. The Morgan fingerprint density at radius 2 is 1.00 bits per heavy atom. The Bertz CT molecular complexity index is 3030. The van der Waals surface area contributed by atoms with Crippen LogP contribution < -0.4 is 9.47 Å². The second kappa shape index (κ2) is 12.4. The number of allylic oxidation sites excluding steroid dienone is 4. The van der Waals surface area contributed by atoms with E-state index in [1.54, 1.807) is 71.2 Å². The van der Waals surface area contributed by atoms with Crippen LogP contribution in [-0.2, 0) is 11.2 Å². The van der Waals surface area contributed by atoms with Crippen LogP contribution in [0.1, 0.15) is 70.7 Å². The van der Waals surface area contributed by atoms with Crippen molar-refractivity contribution in [2.24, 2.45) is 9.98 Å². The van der Waals surface area contributed by atoms with E-state index >= 15 is 0 Å². The first-order valence-corrected chi connectivity index (χ1v) is 20.9. The maximum absolute atomic E-state index is 13.6. The number of hydrogen-bond acceptors (Lipinski definition) is 12. The van der Waals surface area contributed by atoms with Gasteiger partial charge in [0.25, 0.3) is 11.4 Å². The third-order valence-corrected chi connectivity index (χ3v) is 15.3. The van der Waals surface area contributed by atoms with Crippen molar-refractivity contribution in [1.29, 1.82) is 10.5 Å². The molecule has 10 nitrogen and oxygen atoms in total. The molecule has 2 aliphatic carbocycles. The van der Waals surface area contributed by atoms with Crippen molar-refractivity contribution >= 4 is 98.9 Å². The summed E-state index contributed by atoms with van der Waals surface area (Å²) in [7, 11) is 0. The van der Waals surface area contributed by atoms with Gasteiger partial charge in [0.15, 0.2) is 0 Å². The fourth-order valence-electron chi connectivity index (χ4n) is 8.02. The highest BCUT2D eigenvalue weighted by Gasteiger charge is 2.45. The molecule has 0 radical (unpaired) electrons. The van der Waals surface area contributed by atoms with E-state index in [-0.39, 0.29) is 45.5 Å². The summed E-state index contributed by atoms with van der Waals surface area (Å²) in [6.07, 6.45) is 0. The lowest BCUT2D eigenvalue weighted by Crippen LogP contribution is -2.27. The largest absolute Gasteiger partial charge is 0.481 e. The molecule has 0 saturated carbocycles. The van der Waals surface area contributed by atoms with Gasteiger partial charge >= 0.3 is 0 Å². The topological polar surface area (TPSA) is 134 Å². The Balaban J connectivity index is 1.09. The monoisotopic (exact) mass is 826 g/mol. The van der Waals surface area contributed by atoms with Crippen LogP contribution in [0.5, 0.6) is 11.5 Å². The molecule has 2 aromatic carbocycles. The predicted octanol–water partition coefficient (Wildman–Crippen LogP) is 11.9. The number of benzene rings is 2. The van der Waals surface area contributed by atoms with Gasteiger partial charge in [-0.25, -0.2) is 30.2 Å². The van der Waals surface area contributed by atoms with Gasteiger partial charge in [0, 0.05) is 45.5 Å². The fraction of sp³-hybridized carbons (Fsp3) is 0.136. The molecule has 0 bridgehead atoms. The number of nitriles is 2. The number of rotatable bonds is 2. The number of carbonyl (C=O) groups excluding carboxylic acids is 2. The molecule has 0 amide bonds. The lowest BCUT2D eigenvalue weighted by Gasteiger charge is -2.31. The molecule has 4 aromatic heterocycles. The van der Waals surface area contributed by atoms with E-state index in [4.69, 9.17) is 32.6 Å². The number of Topliss-reactive ketones (excluding diaryl/α,β-unsaturated/α-hetero) is 2. The van der Waals surface area contributed by atoms with Crippen molar-refractivity contribution in [2.45, 2.75) is 38.9 Å². The minimum Gasteiger partial charge on any atom is -0.481 e. The van der Waals surface area contributed by atoms with Gasteiger partial charge in [0.1, 0.15) is 44.1 Å². The number of nitrogens with zero attached hydrogens (tertiary/aromatic N) is 6. The van der Waals surface area contributed by atoms with E-state index in [0.717, 1.165) is 40.0 Å². The normalized spacial score (nSPS) is 19.4. The highest BCUT2D eigenvalue weighted by molar-refractivity contribution is 7.34. The van der Waals surface area contributed by atoms with Crippen LogP contribution in [0.3, 0.4) is 0 Å². The van der Waals surface area contributed by atoms with Gasteiger partial charge < -0.3 is 9.47 Å². The Labute approximate surface area is 346 Å². The van der Waals surface area contributed by atoms with Crippen molar-refractivity contribution in [3.63, 3.8) is 0 Å². The van der Waals surface area contributed by atoms with E-state index in [2.05, 4.69) is 9.69 Å². The minimum absolute atomic E-state index is 0.0641. The Hall–Kier alpha value is -6.78. The summed E-state index contributed by atoms with van der Waals surface area (Å²) in [5.74, 6) is 0.600. The predicted molar refractivity (Wildman–Crippen MR) is 228 cm³/mol. The van der Waals surface area contributed by atoms with Gasteiger partial charge in [-0.05, 0) is 38.8 Å². The number of carbonyl (C=O) groups is 2. The lowest BCUT2D eigenvalue weighted by atomic mass is 9.92. The van der Waals surface area contributed by atoms with E-state index in [1.165, 1.54) is 22.7 Å². The van der Waals surface area contributed by atoms with Crippen molar-refractivity contribution in [1.82, 2.24) is 0 Å². The van der Waals surface area contributed by atoms with Crippen molar-refractivity contribution < 1.29 is 19.1 Å². The SMILES string of the molecule is [C-]#[N+]C(C#N)=C1C(=Nc2cc3c(s2)-c2sc4c5c(sc4c2C(C)(C)O3)-c2sc(N=C3C(=O)c4ccccc4/C3=C(/C#N)[N+]#[C-])cc2OC5(C)C)C(=O)c2ccccc21. The van der Waals surface area contributed by atoms with Gasteiger partial charge in [0.05, 0.1) is 54.2 Å². The second-order valence-corrected chi connectivity index (χ2v) is 18.7. The van der Waals surface area contributed by atoms with Crippen LogP contribution >= 0.6 is 45.3 Å². The maximum Gasteiger partial charge on any atom is 0.271 e. The van der Waals surface area contributed by atoms with E-state index in [9.17, 15) is 20.1 Å². The zero-order valence-electron chi connectivity index (χ0n) is 30.7. The van der Waals surface area contributed by atoms with Gasteiger partial charge in [-0.2, -0.15) is 0 Å². The summed E-state index contributed by atoms with van der Waals surface area (Å²) in [5, 5.41) is 20.6. The average molecular weight is 827 g/mol. The molecule has 4 aliphatic rings. The quantitative estimate of drug-likeness (QED) is 0.126. The molecule has 6 aromatic rings. The molecule has 0 unspecified atom stereocenters. The molecule has 2 aliphatic heterocycles. The van der Waals surface area contributed by atoms with Crippen LogP contribution in [0.2, 0.25) is 0 Å². The fourth-order valence-corrected chi connectivity index (χ4v) is 13.7. The number of thiophene rings is 4. The first kappa shape index (κ1) is 35.6. The Kier molecular flexibility index (Phi) is 7.59. The first-order valence-electron chi connectivity index (χ1n) is 17.7. The summed E-state index contributed by atoms with van der Waals surface area (Å²) in [4.78, 5) is 47.5. The molecule has 0 fully saturated rings. The average Bonchev–Trinajstić information content (AvgIpc) is 4.04. The molecule has 10 rings (SSSR count). The smallest absolute Gasteiger partial charge is 0.271 e. The molecule has 6 heterocycles. The standard InChI is InChI=1S/C44H22N6O4S4/c1-43(2)31-39(37-25(53-43)15-27(55-37)49-33-29(23(17-45)47-5)19-11-7-9-13-21(19)35(33)51)57-42-32-40(58-41(31)42)38-26(54-44(32,3)4)16-28(56-38)50-34-30(24(18-46)48-6)20-12-8-10-14-22(20)36(34)52/h7-16H,1-4H3/b29-23+,30-24?,49-33?,50-34?. The first-order chi connectivity index (χ1) is 27.9. The zero-order valence-corrected chi connectivity index (χ0v) is 34.0. The molecule has 14 heteroatoms. The van der Waals surface area contributed by atoms with Gasteiger partial charge in [-0.15, -0.1) is 45.3 Å². The van der Waals surface area contributed by atoms with Gasteiger partial charge in [-0.1, -0.05) is 48.5 Å². The Morgan fingerprint density at radius 1 is 0.621 bits per heavy atom. The summed E-state index contributed by atoms with van der Waals surface area (Å²) in [5.41, 5.74) is 2.67. The van der Waals surface area contributed by atoms with Crippen molar-refractivity contribution in [2.75, 3.05) is 0 Å². The number of ketones is 2. The van der Waals surface area contributed by atoms with E-state index in [0.29, 0.717) is 43.8 Å². The molecule has 0 spiro atoms. The number of ether oxygens (including phenoxy) is 2. The van der Waals surface area contributed by atoms with Crippen molar-refractivity contribution in [3.8, 4) is 43.1 Å². The van der Waals surface area contributed by atoms with E-state index < -0.39 is 11.2 Å².